The fourth-order valence-corrected chi connectivity index (χ4v) is 8.47. The van der Waals surface area contributed by atoms with Gasteiger partial charge >= 0.3 is 5.97 Å². The highest BCUT2D eigenvalue weighted by Crippen LogP contribution is 2.66. The summed E-state index contributed by atoms with van der Waals surface area (Å²) < 4.78 is 5.87. The largest absolute Gasteiger partial charge is 0.460 e. The van der Waals surface area contributed by atoms with Gasteiger partial charge in [0.1, 0.15) is 6.10 Å². The maximum Gasteiger partial charge on any atom is 0.302 e. The van der Waals surface area contributed by atoms with E-state index in [1.807, 2.05) is 0 Å². The number of rotatable bonds is 3. The van der Waals surface area contributed by atoms with Crippen molar-refractivity contribution in [3.63, 3.8) is 0 Å². The van der Waals surface area contributed by atoms with Crippen LogP contribution in [-0.2, 0) is 19.1 Å². The number of ether oxygens (including phenoxy) is 1. The smallest absolute Gasteiger partial charge is 0.302 e. The lowest BCUT2D eigenvalue weighted by Gasteiger charge is -2.60. The van der Waals surface area contributed by atoms with Crippen molar-refractivity contribution in [2.75, 3.05) is 0 Å². The molecule has 4 saturated carbocycles. The van der Waals surface area contributed by atoms with Crippen LogP contribution in [0.1, 0.15) is 86.0 Å². The molecule has 4 fully saturated rings. The van der Waals surface area contributed by atoms with Crippen LogP contribution in [0.15, 0.2) is 0 Å². The number of fused-ring (bicyclic) bond motifs is 5. The Balaban J connectivity index is 1.56. The lowest BCUT2D eigenvalue weighted by Crippen LogP contribution is -2.56. The fourth-order valence-electron chi connectivity index (χ4n) is 8.47. The molecule has 0 spiro atoms. The van der Waals surface area contributed by atoms with Gasteiger partial charge in [0.05, 0.1) is 6.04 Å². The number of carbonyl (C=O) groups is 3. The quantitative estimate of drug-likeness (QED) is 0.668. The highest BCUT2D eigenvalue weighted by atomic mass is 16.5. The summed E-state index contributed by atoms with van der Waals surface area (Å²) in [7, 11) is 0. The summed E-state index contributed by atoms with van der Waals surface area (Å²) in [6.07, 6.45) is 8.65. The number of esters is 1. The molecule has 0 aromatic heterocycles. The third-order valence-electron chi connectivity index (χ3n) is 9.72. The molecule has 4 rings (SSSR count). The van der Waals surface area contributed by atoms with E-state index in [1.165, 1.54) is 32.6 Å². The SMILES string of the molecule is CC(=O)N[C@H]1CC[C@@]2(C)[C@H](CC[C@@H]3[C@@H]2CC[C@@]2(C)[C@H]3C[C@H](NC(C)=O)[C@@H]2OC(C)=O)C1. The van der Waals surface area contributed by atoms with E-state index in [4.69, 9.17) is 4.74 Å². The maximum atomic E-state index is 11.9. The Morgan fingerprint density at radius 1 is 0.806 bits per heavy atom. The predicted molar refractivity (Wildman–Crippen MR) is 118 cm³/mol. The first-order chi connectivity index (χ1) is 14.5. The molecule has 31 heavy (non-hydrogen) atoms. The van der Waals surface area contributed by atoms with Crippen LogP contribution in [-0.4, -0.2) is 36.0 Å². The molecule has 4 aliphatic carbocycles. The number of amides is 2. The second kappa shape index (κ2) is 8.08. The summed E-state index contributed by atoms with van der Waals surface area (Å²) in [4.78, 5) is 35.4. The van der Waals surface area contributed by atoms with Gasteiger partial charge in [0.25, 0.3) is 0 Å². The molecule has 0 bridgehead atoms. The molecular weight excluding hydrogens is 392 g/mol. The van der Waals surface area contributed by atoms with Gasteiger partial charge in [0, 0.05) is 32.2 Å². The zero-order valence-electron chi connectivity index (χ0n) is 19.8. The molecule has 174 valence electrons. The second-order valence-electron chi connectivity index (χ2n) is 11.4. The summed E-state index contributed by atoms with van der Waals surface area (Å²) >= 11 is 0. The zero-order chi connectivity index (χ0) is 22.6. The van der Waals surface area contributed by atoms with Crippen LogP contribution < -0.4 is 10.6 Å². The molecule has 0 saturated heterocycles. The fraction of sp³-hybridized carbons (Fsp3) is 0.880. The number of nitrogens with one attached hydrogen (secondary N) is 2. The summed E-state index contributed by atoms with van der Waals surface area (Å²) in [5.41, 5.74) is 0.249. The molecule has 0 radical (unpaired) electrons. The number of hydrogen-bond donors (Lipinski definition) is 2. The standard InChI is InChI=1S/C25H40N2O4/c1-14(28)26-18-8-10-24(4)17(12-18)6-7-19-20(24)9-11-25(5)21(19)13-22(27-15(2)29)23(25)31-16(3)30/h17-23H,6-13H2,1-5H3,(H,26,28)(H,27,29)/t17-,18+,19-,20+,21+,22+,23+,24+,25+/m1/s1. The van der Waals surface area contributed by atoms with Crippen LogP contribution in [0.4, 0.5) is 0 Å². The minimum absolute atomic E-state index is 0.0482. The number of carbonyl (C=O) groups excluding carboxylic acids is 3. The van der Waals surface area contributed by atoms with Gasteiger partial charge in [-0.3, -0.25) is 14.4 Å². The van der Waals surface area contributed by atoms with E-state index in [2.05, 4.69) is 24.5 Å². The normalized spacial score (nSPS) is 46.2. The van der Waals surface area contributed by atoms with Gasteiger partial charge in [-0.15, -0.1) is 0 Å². The Kier molecular flexibility index (Phi) is 5.89. The molecule has 0 aromatic carbocycles. The number of hydrogen-bond acceptors (Lipinski definition) is 4. The first kappa shape index (κ1) is 22.6. The van der Waals surface area contributed by atoms with Crippen molar-refractivity contribution in [1.82, 2.24) is 10.6 Å². The highest BCUT2D eigenvalue weighted by molar-refractivity contribution is 5.74. The molecule has 2 amide bonds. The van der Waals surface area contributed by atoms with Crippen LogP contribution in [0.3, 0.4) is 0 Å². The van der Waals surface area contributed by atoms with Crippen molar-refractivity contribution in [1.29, 1.82) is 0 Å². The third-order valence-corrected chi connectivity index (χ3v) is 9.72. The van der Waals surface area contributed by atoms with Crippen molar-refractivity contribution in [3.8, 4) is 0 Å². The average Bonchev–Trinajstić information content (AvgIpc) is 2.92. The van der Waals surface area contributed by atoms with Crippen LogP contribution in [0.25, 0.3) is 0 Å². The lowest BCUT2D eigenvalue weighted by molar-refractivity contribution is -0.163. The van der Waals surface area contributed by atoms with Crippen molar-refractivity contribution in [2.24, 2.45) is 34.5 Å². The van der Waals surface area contributed by atoms with Gasteiger partial charge < -0.3 is 15.4 Å². The Labute approximate surface area is 186 Å². The van der Waals surface area contributed by atoms with Gasteiger partial charge in [0.2, 0.25) is 11.8 Å². The van der Waals surface area contributed by atoms with Crippen LogP contribution in [0, 0.1) is 34.5 Å². The summed E-state index contributed by atoms with van der Waals surface area (Å²) in [6, 6.07) is 0.237. The van der Waals surface area contributed by atoms with Gasteiger partial charge in [-0.2, -0.15) is 0 Å². The van der Waals surface area contributed by atoms with Crippen LogP contribution >= 0.6 is 0 Å². The molecule has 2 N–H and O–H groups in total. The molecular formula is C25H40N2O4. The van der Waals surface area contributed by atoms with Crippen molar-refractivity contribution in [3.05, 3.63) is 0 Å². The molecule has 4 aliphatic rings. The van der Waals surface area contributed by atoms with Crippen LogP contribution in [0.5, 0.6) is 0 Å². The van der Waals surface area contributed by atoms with E-state index >= 15 is 0 Å². The minimum Gasteiger partial charge on any atom is -0.460 e. The zero-order valence-corrected chi connectivity index (χ0v) is 19.8. The molecule has 0 aliphatic heterocycles. The summed E-state index contributed by atoms with van der Waals surface area (Å²) in [6.45, 7) is 9.46. The van der Waals surface area contributed by atoms with Crippen molar-refractivity contribution >= 4 is 17.8 Å². The molecule has 0 heterocycles. The molecule has 6 heteroatoms. The summed E-state index contributed by atoms with van der Waals surface area (Å²) in [5.74, 6) is 2.22. The van der Waals surface area contributed by atoms with E-state index < -0.39 is 0 Å². The Hall–Kier alpha value is -1.59. The van der Waals surface area contributed by atoms with Gasteiger partial charge in [-0.05, 0) is 80.5 Å². The van der Waals surface area contributed by atoms with E-state index in [0.29, 0.717) is 35.1 Å². The molecule has 0 aromatic rings. The van der Waals surface area contributed by atoms with E-state index in [-0.39, 0.29) is 35.3 Å². The monoisotopic (exact) mass is 432 g/mol. The Bertz CT molecular complexity index is 754. The molecule has 9 atom stereocenters. The molecule has 6 nitrogen and oxygen atoms in total. The predicted octanol–water partition coefficient (Wildman–Crippen LogP) is 3.58. The Morgan fingerprint density at radius 3 is 2.13 bits per heavy atom. The first-order valence-electron chi connectivity index (χ1n) is 12.3. The van der Waals surface area contributed by atoms with E-state index in [9.17, 15) is 14.4 Å². The van der Waals surface area contributed by atoms with Crippen molar-refractivity contribution in [2.45, 2.75) is 104 Å². The average molecular weight is 433 g/mol. The highest BCUT2D eigenvalue weighted by Gasteiger charge is 2.63. The van der Waals surface area contributed by atoms with Gasteiger partial charge in [-0.25, -0.2) is 0 Å². The first-order valence-corrected chi connectivity index (χ1v) is 12.3. The second-order valence-corrected chi connectivity index (χ2v) is 11.4. The van der Waals surface area contributed by atoms with E-state index in [1.54, 1.807) is 13.8 Å². The van der Waals surface area contributed by atoms with Gasteiger partial charge in [-0.1, -0.05) is 13.8 Å². The molecule has 0 unspecified atom stereocenters. The topological polar surface area (TPSA) is 84.5 Å². The van der Waals surface area contributed by atoms with Crippen molar-refractivity contribution < 1.29 is 19.1 Å². The third kappa shape index (κ3) is 3.89. The van der Waals surface area contributed by atoms with Crippen LogP contribution in [0.2, 0.25) is 0 Å². The minimum atomic E-state index is -0.253. The maximum absolute atomic E-state index is 11.9. The van der Waals surface area contributed by atoms with E-state index in [0.717, 1.165) is 25.7 Å². The van der Waals surface area contributed by atoms with Gasteiger partial charge in [0.15, 0.2) is 0 Å². The lowest BCUT2D eigenvalue weighted by atomic mass is 9.45. The Morgan fingerprint density at radius 2 is 1.48 bits per heavy atom. The summed E-state index contributed by atoms with van der Waals surface area (Å²) in [5, 5.41) is 6.28.